The van der Waals surface area contributed by atoms with Crippen molar-refractivity contribution >= 4 is 5.97 Å². The molecule has 1 aliphatic carbocycles. The van der Waals surface area contributed by atoms with E-state index in [0.717, 1.165) is 25.3 Å². The van der Waals surface area contributed by atoms with E-state index in [9.17, 15) is 4.79 Å². The third-order valence-electron chi connectivity index (χ3n) is 7.29. The second kappa shape index (κ2) is 15.3. The summed E-state index contributed by atoms with van der Waals surface area (Å²) < 4.78 is 0. The third-order valence-corrected chi connectivity index (χ3v) is 7.29. The number of rotatable bonds is 10. The van der Waals surface area contributed by atoms with Gasteiger partial charge in [-0.2, -0.15) is 0 Å². The van der Waals surface area contributed by atoms with Gasteiger partial charge in [0.25, 0.3) is 0 Å². The number of aliphatic carboxylic acids is 1. The molecule has 3 aromatic carbocycles. The molecule has 4 heteroatoms. The van der Waals surface area contributed by atoms with Crippen molar-refractivity contribution in [1.29, 1.82) is 0 Å². The maximum absolute atomic E-state index is 9.45. The van der Waals surface area contributed by atoms with Crippen molar-refractivity contribution in [2.75, 3.05) is 6.54 Å². The molecule has 0 amide bonds. The SMILES string of the molecule is CC(Cc1ccc(C2CCCCC2)cc1)NCCC(c1ccccc1)c1ccccc1.CC(O)C(=O)O. The lowest BCUT2D eigenvalue weighted by atomic mass is 9.84. The molecule has 2 atom stereocenters. The number of carboxylic acid groups (broad SMARTS) is 1. The second-order valence-corrected chi connectivity index (χ2v) is 10.3. The van der Waals surface area contributed by atoms with Crippen LogP contribution in [-0.4, -0.2) is 34.9 Å². The molecule has 3 N–H and O–H groups in total. The van der Waals surface area contributed by atoms with Gasteiger partial charge in [-0.15, -0.1) is 0 Å². The summed E-state index contributed by atoms with van der Waals surface area (Å²) in [5, 5.41) is 19.5. The molecule has 0 saturated heterocycles. The van der Waals surface area contributed by atoms with E-state index < -0.39 is 12.1 Å². The summed E-state index contributed by atoms with van der Waals surface area (Å²) in [4.78, 5) is 9.45. The summed E-state index contributed by atoms with van der Waals surface area (Å²) in [7, 11) is 0. The van der Waals surface area contributed by atoms with E-state index in [2.05, 4.69) is 97.2 Å². The number of carbonyl (C=O) groups is 1. The van der Waals surface area contributed by atoms with Gasteiger partial charge in [-0.3, -0.25) is 0 Å². The zero-order valence-corrected chi connectivity index (χ0v) is 22.4. The molecule has 2 unspecified atom stereocenters. The third kappa shape index (κ3) is 9.79. The van der Waals surface area contributed by atoms with Gasteiger partial charge in [0.15, 0.2) is 0 Å². The Morgan fingerprint density at radius 2 is 1.35 bits per heavy atom. The van der Waals surface area contributed by atoms with Gasteiger partial charge in [0.2, 0.25) is 0 Å². The molecule has 0 aliphatic heterocycles. The smallest absolute Gasteiger partial charge is 0.332 e. The minimum absolute atomic E-state index is 0.442. The van der Waals surface area contributed by atoms with E-state index in [1.807, 2.05) is 0 Å². The van der Waals surface area contributed by atoms with Crippen molar-refractivity contribution in [3.63, 3.8) is 0 Å². The molecule has 1 fully saturated rings. The molecular weight excluding hydrogens is 458 g/mol. The number of benzene rings is 3. The largest absolute Gasteiger partial charge is 0.479 e. The summed E-state index contributed by atoms with van der Waals surface area (Å²) in [6.07, 6.45) is 7.95. The number of hydrogen-bond donors (Lipinski definition) is 3. The summed E-state index contributed by atoms with van der Waals surface area (Å²) in [5.41, 5.74) is 5.81. The Morgan fingerprint density at radius 1 is 0.838 bits per heavy atom. The highest BCUT2D eigenvalue weighted by Gasteiger charge is 2.16. The van der Waals surface area contributed by atoms with E-state index in [0.29, 0.717) is 12.0 Å². The number of carboxylic acids is 1. The summed E-state index contributed by atoms with van der Waals surface area (Å²) in [5.74, 6) is 0.0538. The van der Waals surface area contributed by atoms with Gasteiger partial charge in [0.1, 0.15) is 6.10 Å². The van der Waals surface area contributed by atoms with Crippen molar-refractivity contribution in [2.45, 2.75) is 82.8 Å². The van der Waals surface area contributed by atoms with Crippen molar-refractivity contribution in [3.05, 3.63) is 107 Å². The molecule has 3 aromatic rings. The van der Waals surface area contributed by atoms with Crippen LogP contribution in [0.4, 0.5) is 0 Å². The van der Waals surface area contributed by atoms with Crippen molar-refractivity contribution in [2.24, 2.45) is 0 Å². The van der Waals surface area contributed by atoms with Crippen molar-refractivity contribution in [3.8, 4) is 0 Å². The highest BCUT2D eigenvalue weighted by molar-refractivity contribution is 5.71. The number of nitrogens with one attached hydrogen (secondary N) is 1. The van der Waals surface area contributed by atoms with Gasteiger partial charge in [0.05, 0.1) is 0 Å². The number of aliphatic hydroxyl groups excluding tert-OH is 1. The first-order chi connectivity index (χ1) is 17.9. The minimum atomic E-state index is -1.23. The van der Waals surface area contributed by atoms with E-state index >= 15 is 0 Å². The van der Waals surface area contributed by atoms with E-state index in [1.165, 1.54) is 55.7 Å². The summed E-state index contributed by atoms with van der Waals surface area (Å²) >= 11 is 0. The van der Waals surface area contributed by atoms with Crippen LogP contribution in [0, 0.1) is 0 Å². The van der Waals surface area contributed by atoms with Crippen LogP contribution in [0.25, 0.3) is 0 Å². The Labute approximate surface area is 222 Å². The molecule has 37 heavy (non-hydrogen) atoms. The average molecular weight is 502 g/mol. The molecule has 4 nitrogen and oxygen atoms in total. The quantitative estimate of drug-likeness (QED) is 0.282. The molecule has 0 heterocycles. The van der Waals surface area contributed by atoms with Crippen LogP contribution < -0.4 is 5.32 Å². The fourth-order valence-electron chi connectivity index (χ4n) is 5.16. The van der Waals surface area contributed by atoms with Gasteiger partial charge in [-0.05, 0) is 74.2 Å². The van der Waals surface area contributed by atoms with Crippen molar-refractivity contribution in [1.82, 2.24) is 5.32 Å². The molecule has 0 aromatic heterocycles. The molecule has 0 bridgehead atoms. The molecule has 1 aliphatic rings. The average Bonchev–Trinajstić information content (AvgIpc) is 2.93. The predicted molar refractivity (Wildman–Crippen MR) is 152 cm³/mol. The summed E-state index contributed by atoms with van der Waals surface area (Å²) in [6.45, 7) is 4.53. The van der Waals surface area contributed by atoms with Gasteiger partial charge in [-0.1, -0.05) is 104 Å². The molecule has 198 valence electrons. The normalized spacial score (nSPS) is 15.5. The molecular formula is C33H43NO3. The van der Waals surface area contributed by atoms with Crippen LogP contribution in [0.15, 0.2) is 84.9 Å². The predicted octanol–water partition coefficient (Wildman–Crippen LogP) is 6.93. The second-order valence-electron chi connectivity index (χ2n) is 10.3. The highest BCUT2D eigenvalue weighted by atomic mass is 16.4. The Balaban J connectivity index is 0.000000568. The fourth-order valence-corrected chi connectivity index (χ4v) is 5.16. The molecule has 0 radical (unpaired) electrons. The van der Waals surface area contributed by atoms with Crippen LogP contribution in [0.2, 0.25) is 0 Å². The Morgan fingerprint density at radius 3 is 1.84 bits per heavy atom. The van der Waals surface area contributed by atoms with E-state index in [-0.39, 0.29) is 0 Å². The van der Waals surface area contributed by atoms with Crippen LogP contribution in [0.3, 0.4) is 0 Å². The Hall–Kier alpha value is -2.95. The fraction of sp³-hybridized carbons (Fsp3) is 0.424. The zero-order valence-electron chi connectivity index (χ0n) is 22.4. The van der Waals surface area contributed by atoms with E-state index in [1.54, 1.807) is 5.56 Å². The Kier molecular flexibility index (Phi) is 11.9. The van der Waals surface area contributed by atoms with Crippen LogP contribution in [0.5, 0.6) is 0 Å². The first-order valence-corrected chi connectivity index (χ1v) is 13.8. The molecule has 0 spiro atoms. The van der Waals surface area contributed by atoms with Crippen LogP contribution in [0.1, 0.15) is 86.5 Å². The molecule has 4 rings (SSSR count). The van der Waals surface area contributed by atoms with E-state index in [4.69, 9.17) is 10.2 Å². The number of aliphatic hydroxyl groups is 1. The Bertz CT molecular complexity index is 989. The van der Waals surface area contributed by atoms with Gasteiger partial charge < -0.3 is 15.5 Å². The zero-order chi connectivity index (χ0) is 26.5. The number of hydrogen-bond acceptors (Lipinski definition) is 3. The molecule has 1 saturated carbocycles. The maximum Gasteiger partial charge on any atom is 0.332 e. The van der Waals surface area contributed by atoms with Gasteiger partial charge in [0, 0.05) is 12.0 Å². The minimum Gasteiger partial charge on any atom is -0.479 e. The topological polar surface area (TPSA) is 69.6 Å². The van der Waals surface area contributed by atoms with Crippen LogP contribution in [-0.2, 0) is 11.2 Å². The lowest BCUT2D eigenvalue weighted by molar-refractivity contribution is -0.145. The van der Waals surface area contributed by atoms with Crippen LogP contribution >= 0.6 is 0 Å². The monoisotopic (exact) mass is 501 g/mol. The van der Waals surface area contributed by atoms with Gasteiger partial charge >= 0.3 is 5.97 Å². The van der Waals surface area contributed by atoms with Crippen molar-refractivity contribution < 1.29 is 15.0 Å². The first kappa shape index (κ1) is 28.6. The summed E-state index contributed by atoms with van der Waals surface area (Å²) in [6, 6.07) is 31.8. The highest BCUT2D eigenvalue weighted by Crippen LogP contribution is 2.32. The van der Waals surface area contributed by atoms with Gasteiger partial charge in [-0.25, -0.2) is 4.79 Å². The first-order valence-electron chi connectivity index (χ1n) is 13.8. The lowest BCUT2D eigenvalue weighted by Gasteiger charge is -2.22. The lowest BCUT2D eigenvalue weighted by Crippen LogP contribution is -2.30. The standard InChI is InChI=1S/C30H37N.C3H6O3/c1-24(23-25-17-19-27(20-18-25)26-11-5-2-6-12-26)31-22-21-30(28-13-7-3-8-14-28)29-15-9-4-10-16-29;1-2(4)3(5)6/h3-4,7-10,13-20,24,26,30-31H,2,5-6,11-12,21-23H2,1H3;2,4H,1H3,(H,5,6). The maximum atomic E-state index is 9.45.